The number of aromatic nitrogens is 2. The van der Waals surface area contributed by atoms with Crippen LogP contribution in [0.15, 0.2) is 48.5 Å². The summed E-state index contributed by atoms with van der Waals surface area (Å²) in [5.74, 6) is 1.99. The third-order valence-corrected chi connectivity index (χ3v) is 5.12. The minimum atomic E-state index is 0.750. The Bertz CT molecular complexity index is 811. The second-order valence-electron chi connectivity index (χ2n) is 6.99. The van der Waals surface area contributed by atoms with Crippen LogP contribution in [0, 0.1) is 12.8 Å². The quantitative estimate of drug-likeness (QED) is 0.789. The first-order valence-corrected chi connectivity index (χ1v) is 9.00. The van der Waals surface area contributed by atoms with Gasteiger partial charge in [0, 0.05) is 13.0 Å². The van der Waals surface area contributed by atoms with E-state index in [1.165, 1.54) is 35.3 Å². The molecule has 1 aromatic heterocycles. The highest BCUT2D eigenvalue weighted by Crippen LogP contribution is 2.23. The number of nitrogens with one attached hydrogen (secondary N) is 1. The van der Waals surface area contributed by atoms with E-state index in [1.807, 2.05) is 0 Å². The van der Waals surface area contributed by atoms with Crippen LogP contribution in [0.3, 0.4) is 0 Å². The SMILES string of the molecule is Cc1ccc(Cn2c(CC3CCNCC3)nc3ccccc32)cc1. The van der Waals surface area contributed by atoms with Crippen LogP contribution in [-0.2, 0) is 13.0 Å². The Morgan fingerprint density at radius 1 is 1.04 bits per heavy atom. The van der Waals surface area contributed by atoms with Crippen molar-refractivity contribution in [1.82, 2.24) is 14.9 Å². The number of piperidine rings is 1. The van der Waals surface area contributed by atoms with E-state index in [1.54, 1.807) is 0 Å². The second kappa shape index (κ2) is 6.78. The van der Waals surface area contributed by atoms with Gasteiger partial charge in [-0.25, -0.2) is 4.98 Å². The average Bonchev–Trinajstić information content (AvgIpc) is 2.95. The van der Waals surface area contributed by atoms with Gasteiger partial charge in [0.15, 0.2) is 0 Å². The molecule has 1 fully saturated rings. The minimum Gasteiger partial charge on any atom is -0.323 e. The minimum absolute atomic E-state index is 0.750. The summed E-state index contributed by atoms with van der Waals surface area (Å²) in [5, 5.41) is 3.46. The predicted molar refractivity (Wildman–Crippen MR) is 99.3 cm³/mol. The maximum atomic E-state index is 4.96. The summed E-state index contributed by atoms with van der Waals surface area (Å²) in [6.07, 6.45) is 3.60. The molecule has 1 aliphatic rings. The maximum Gasteiger partial charge on any atom is 0.110 e. The van der Waals surface area contributed by atoms with Crippen LogP contribution in [0.25, 0.3) is 11.0 Å². The highest BCUT2D eigenvalue weighted by atomic mass is 15.1. The molecule has 2 heterocycles. The molecule has 3 nitrogen and oxygen atoms in total. The number of benzene rings is 2. The molecule has 0 spiro atoms. The van der Waals surface area contributed by atoms with Crippen LogP contribution in [-0.4, -0.2) is 22.6 Å². The molecule has 3 aromatic rings. The zero-order valence-electron chi connectivity index (χ0n) is 14.3. The molecule has 4 rings (SSSR count). The van der Waals surface area contributed by atoms with Crippen molar-refractivity contribution in [2.45, 2.75) is 32.7 Å². The molecule has 3 heteroatoms. The summed E-state index contributed by atoms with van der Waals surface area (Å²) in [4.78, 5) is 4.96. The number of hydrogen-bond donors (Lipinski definition) is 1. The van der Waals surface area contributed by atoms with Crippen molar-refractivity contribution in [2.24, 2.45) is 5.92 Å². The lowest BCUT2D eigenvalue weighted by molar-refractivity contribution is 0.364. The molecule has 0 amide bonds. The summed E-state index contributed by atoms with van der Waals surface area (Å²) in [7, 11) is 0. The van der Waals surface area contributed by atoms with Crippen molar-refractivity contribution in [1.29, 1.82) is 0 Å². The molecule has 1 aliphatic heterocycles. The summed E-state index contributed by atoms with van der Waals surface area (Å²) in [5.41, 5.74) is 5.02. The molecule has 0 atom stereocenters. The summed E-state index contributed by atoms with van der Waals surface area (Å²) >= 11 is 0. The normalized spacial score (nSPS) is 15.9. The van der Waals surface area contributed by atoms with Gasteiger partial charge in [0.2, 0.25) is 0 Å². The molecule has 0 saturated carbocycles. The maximum absolute atomic E-state index is 4.96. The van der Waals surface area contributed by atoms with Gasteiger partial charge in [-0.05, 0) is 56.5 Å². The third-order valence-electron chi connectivity index (χ3n) is 5.12. The van der Waals surface area contributed by atoms with Crippen molar-refractivity contribution >= 4 is 11.0 Å². The van der Waals surface area contributed by atoms with Crippen molar-refractivity contribution in [3.8, 4) is 0 Å². The molecule has 0 radical (unpaired) electrons. The van der Waals surface area contributed by atoms with Gasteiger partial charge in [-0.3, -0.25) is 0 Å². The number of nitrogens with zero attached hydrogens (tertiary/aromatic N) is 2. The van der Waals surface area contributed by atoms with Crippen molar-refractivity contribution in [3.63, 3.8) is 0 Å². The molecule has 1 saturated heterocycles. The number of fused-ring (bicyclic) bond motifs is 1. The molecular weight excluding hydrogens is 294 g/mol. The Morgan fingerprint density at radius 3 is 2.58 bits per heavy atom. The lowest BCUT2D eigenvalue weighted by Crippen LogP contribution is -2.29. The lowest BCUT2D eigenvalue weighted by Gasteiger charge is -2.22. The van der Waals surface area contributed by atoms with Crippen molar-refractivity contribution in [3.05, 3.63) is 65.5 Å². The highest BCUT2D eigenvalue weighted by Gasteiger charge is 2.18. The van der Waals surface area contributed by atoms with Crippen LogP contribution in [0.4, 0.5) is 0 Å². The first-order valence-electron chi connectivity index (χ1n) is 9.00. The van der Waals surface area contributed by atoms with E-state index < -0.39 is 0 Å². The van der Waals surface area contributed by atoms with E-state index in [0.29, 0.717) is 0 Å². The summed E-state index contributed by atoms with van der Waals surface area (Å²) in [6, 6.07) is 17.4. The first-order chi connectivity index (χ1) is 11.8. The van der Waals surface area contributed by atoms with Crippen molar-refractivity contribution in [2.75, 3.05) is 13.1 Å². The van der Waals surface area contributed by atoms with E-state index in [9.17, 15) is 0 Å². The summed E-state index contributed by atoms with van der Waals surface area (Å²) in [6.45, 7) is 5.33. The summed E-state index contributed by atoms with van der Waals surface area (Å²) < 4.78 is 2.42. The zero-order valence-corrected chi connectivity index (χ0v) is 14.3. The van der Waals surface area contributed by atoms with E-state index in [-0.39, 0.29) is 0 Å². The second-order valence-corrected chi connectivity index (χ2v) is 6.99. The van der Waals surface area contributed by atoms with Crippen LogP contribution in [0.2, 0.25) is 0 Å². The van der Waals surface area contributed by atoms with Gasteiger partial charge in [-0.2, -0.15) is 0 Å². The Balaban J connectivity index is 1.68. The predicted octanol–water partition coefficient (Wildman–Crippen LogP) is 3.94. The molecule has 1 N–H and O–H groups in total. The number of imidazole rings is 1. The Kier molecular flexibility index (Phi) is 4.35. The molecule has 24 heavy (non-hydrogen) atoms. The number of para-hydroxylation sites is 2. The number of rotatable bonds is 4. The zero-order chi connectivity index (χ0) is 16.4. The van der Waals surface area contributed by atoms with Crippen molar-refractivity contribution < 1.29 is 0 Å². The number of hydrogen-bond acceptors (Lipinski definition) is 2. The fourth-order valence-corrected chi connectivity index (χ4v) is 3.68. The van der Waals surface area contributed by atoms with Gasteiger partial charge >= 0.3 is 0 Å². The fourth-order valence-electron chi connectivity index (χ4n) is 3.68. The van der Waals surface area contributed by atoms with Gasteiger partial charge in [0.25, 0.3) is 0 Å². The topological polar surface area (TPSA) is 29.9 Å². The van der Waals surface area contributed by atoms with Crippen LogP contribution < -0.4 is 5.32 Å². The fraction of sp³-hybridized carbons (Fsp3) is 0.381. The average molecular weight is 319 g/mol. The third kappa shape index (κ3) is 3.22. The molecule has 2 aromatic carbocycles. The molecular formula is C21H25N3. The highest BCUT2D eigenvalue weighted by molar-refractivity contribution is 5.76. The van der Waals surface area contributed by atoms with Gasteiger partial charge in [-0.15, -0.1) is 0 Å². The first kappa shape index (κ1) is 15.4. The van der Waals surface area contributed by atoms with E-state index >= 15 is 0 Å². The molecule has 0 bridgehead atoms. The van der Waals surface area contributed by atoms with Gasteiger partial charge in [0.1, 0.15) is 5.82 Å². The largest absolute Gasteiger partial charge is 0.323 e. The molecule has 0 aliphatic carbocycles. The standard InChI is InChI=1S/C21H25N3/c1-16-6-8-18(9-7-16)15-24-20-5-3-2-4-19(20)23-21(24)14-17-10-12-22-13-11-17/h2-9,17,22H,10-15H2,1H3. The Hall–Kier alpha value is -2.13. The van der Waals surface area contributed by atoms with Crippen LogP contribution in [0.1, 0.15) is 29.8 Å². The molecule has 124 valence electrons. The van der Waals surface area contributed by atoms with Gasteiger partial charge in [-0.1, -0.05) is 42.0 Å². The van der Waals surface area contributed by atoms with Gasteiger partial charge < -0.3 is 9.88 Å². The number of aryl methyl sites for hydroxylation is 1. The van der Waals surface area contributed by atoms with E-state index in [0.717, 1.165) is 37.5 Å². The smallest absolute Gasteiger partial charge is 0.110 e. The monoisotopic (exact) mass is 319 g/mol. The van der Waals surface area contributed by atoms with E-state index in [4.69, 9.17) is 4.98 Å². The lowest BCUT2D eigenvalue weighted by atomic mass is 9.94. The van der Waals surface area contributed by atoms with Crippen LogP contribution >= 0.6 is 0 Å². The Morgan fingerprint density at radius 2 is 1.79 bits per heavy atom. The molecule has 0 unspecified atom stereocenters. The Labute approximate surface area is 143 Å². The van der Waals surface area contributed by atoms with Crippen LogP contribution in [0.5, 0.6) is 0 Å². The van der Waals surface area contributed by atoms with Gasteiger partial charge in [0.05, 0.1) is 11.0 Å². The van der Waals surface area contributed by atoms with E-state index in [2.05, 4.69) is 65.3 Å².